The number of rotatable bonds is 5. The van der Waals surface area contributed by atoms with E-state index in [0.717, 1.165) is 17.4 Å². The molecule has 2 aromatic heterocycles. The highest BCUT2D eigenvalue weighted by molar-refractivity contribution is 7.98. The van der Waals surface area contributed by atoms with Crippen molar-refractivity contribution in [2.45, 2.75) is 31.2 Å². The van der Waals surface area contributed by atoms with Crippen LogP contribution in [0.4, 0.5) is 0 Å². The van der Waals surface area contributed by atoms with Gasteiger partial charge in [-0.1, -0.05) is 30.8 Å². The van der Waals surface area contributed by atoms with Gasteiger partial charge in [0.25, 0.3) is 0 Å². The zero-order valence-electron chi connectivity index (χ0n) is 10.1. The van der Waals surface area contributed by atoms with Crippen molar-refractivity contribution in [3.05, 3.63) is 18.0 Å². The Morgan fingerprint density at radius 3 is 2.94 bits per heavy atom. The van der Waals surface area contributed by atoms with Gasteiger partial charge in [0.05, 0.1) is 5.75 Å². The summed E-state index contributed by atoms with van der Waals surface area (Å²) >= 11 is 1.53. The summed E-state index contributed by atoms with van der Waals surface area (Å²) < 4.78 is 7.02. The smallest absolute Gasteiger partial charge is 0.237 e. The minimum absolute atomic E-state index is 0.534. The Bertz CT molecular complexity index is 479. The Balaban J connectivity index is 1.91. The first-order valence-electron chi connectivity index (χ1n) is 5.43. The summed E-state index contributed by atoms with van der Waals surface area (Å²) in [6.45, 7) is 4.26. The Hall–Kier alpha value is -1.37. The average molecular weight is 253 g/mol. The molecule has 7 heteroatoms. The van der Waals surface area contributed by atoms with E-state index in [-0.39, 0.29) is 0 Å². The van der Waals surface area contributed by atoms with E-state index in [1.54, 1.807) is 6.33 Å². The van der Waals surface area contributed by atoms with Crippen LogP contribution in [-0.2, 0) is 19.2 Å². The molecule has 0 N–H and O–H groups in total. The van der Waals surface area contributed by atoms with Crippen LogP contribution in [0, 0.1) is 5.92 Å². The lowest BCUT2D eigenvalue weighted by Gasteiger charge is -1.96. The summed E-state index contributed by atoms with van der Waals surface area (Å²) in [7, 11) is 1.90. The molecule has 0 amide bonds. The third-order valence-corrected chi connectivity index (χ3v) is 3.11. The van der Waals surface area contributed by atoms with E-state index in [9.17, 15) is 0 Å². The summed E-state index contributed by atoms with van der Waals surface area (Å²) in [5.74, 6) is 2.56. The molecule has 0 aromatic carbocycles. The lowest BCUT2D eigenvalue weighted by atomic mass is 10.1. The van der Waals surface area contributed by atoms with Gasteiger partial charge in [-0.15, -0.1) is 10.2 Å². The van der Waals surface area contributed by atoms with Gasteiger partial charge >= 0.3 is 0 Å². The van der Waals surface area contributed by atoms with Crippen molar-refractivity contribution >= 4 is 11.8 Å². The van der Waals surface area contributed by atoms with Crippen LogP contribution in [0.15, 0.2) is 16.0 Å². The van der Waals surface area contributed by atoms with Gasteiger partial charge in [0.15, 0.2) is 11.0 Å². The van der Waals surface area contributed by atoms with Crippen LogP contribution < -0.4 is 0 Å². The molecule has 92 valence electrons. The topological polar surface area (TPSA) is 69.6 Å². The summed E-state index contributed by atoms with van der Waals surface area (Å²) in [6, 6.07) is 0. The van der Waals surface area contributed by atoms with E-state index in [2.05, 4.69) is 34.2 Å². The number of nitrogens with zero attached hydrogens (tertiary/aromatic N) is 5. The van der Waals surface area contributed by atoms with Crippen molar-refractivity contribution in [3.8, 4) is 0 Å². The number of hydrogen-bond acceptors (Lipinski definition) is 6. The minimum atomic E-state index is 0.534. The van der Waals surface area contributed by atoms with Crippen LogP contribution in [-0.4, -0.2) is 24.9 Å². The van der Waals surface area contributed by atoms with Gasteiger partial charge in [0.2, 0.25) is 5.89 Å². The van der Waals surface area contributed by atoms with E-state index in [1.165, 1.54) is 11.8 Å². The Labute approximate surface area is 104 Å². The summed E-state index contributed by atoms with van der Waals surface area (Å²) in [5.41, 5.74) is 0. The third-order valence-electron chi connectivity index (χ3n) is 2.10. The Morgan fingerprint density at radius 2 is 2.29 bits per heavy atom. The van der Waals surface area contributed by atoms with Crippen LogP contribution in [0.2, 0.25) is 0 Å². The molecule has 0 spiro atoms. The molecule has 0 radical (unpaired) electrons. The normalized spacial score (nSPS) is 11.3. The molecule has 0 aliphatic rings. The summed E-state index contributed by atoms with van der Waals surface area (Å²) in [5, 5.41) is 12.6. The van der Waals surface area contributed by atoms with E-state index in [1.807, 2.05) is 11.6 Å². The van der Waals surface area contributed by atoms with Crippen molar-refractivity contribution in [2.75, 3.05) is 0 Å². The van der Waals surface area contributed by atoms with Crippen LogP contribution in [0.25, 0.3) is 0 Å². The molecule has 2 aromatic rings. The molecule has 17 heavy (non-hydrogen) atoms. The second kappa shape index (κ2) is 5.31. The van der Waals surface area contributed by atoms with Gasteiger partial charge in [0, 0.05) is 13.5 Å². The third kappa shape index (κ3) is 3.29. The predicted molar refractivity (Wildman–Crippen MR) is 63.4 cm³/mol. The van der Waals surface area contributed by atoms with E-state index >= 15 is 0 Å². The van der Waals surface area contributed by atoms with Gasteiger partial charge in [-0.05, 0) is 5.92 Å². The first-order valence-corrected chi connectivity index (χ1v) is 6.42. The zero-order chi connectivity index (χ0) is 12.3. The first-order chi connectivity index (χ1) is 8.15. The molecule has 0 atom stereocenters. The lowest BCUT2D eigenvalue weighted by Crippen LogP contribution is -1.96. The maximum absolute atomic E-state index is 5.16. The van der Waals surface area contributed by atoms with Gasteiger partial charge in [0.1, 0.15) is 6.33 Å². The molecule has 0 aliphatic heterocycles. The predicted octanol–water partition coefficient (Wildman–Crippen LogP) is 1.69. The quantitative estimate of drug-likeness (QED) is 0.755. The molecule has 0 saturated carbocycles. The van der Waals surface area contributed by atoms with Crippen molar-refractivity contribution in [1.82, 2.24) is 24.9 Å². The minimum Gasteiger partial charge on any atom is -0.338 e. The fourth-order valence-electron chi connectivity index (χ4n) is 1.33. The summed E-state index contributed by atoms with van der Waals surface area (Å²) in [4.78, 5) is 4.32. The summed E-state index contributed by atoms with van der Waals surface area (Å²) in [6.07, 6.45) is 2.51. The number of hydrogen-bond donors (Lipinski definition) is 0. The molecule has 0 fully saturated rings. The highest BCUT2D eigenvalue weighted by Gasteiger charge is 2.10. The Morgan fingerprint density at radius 1 is 1.47 bits per heavy atom. The standard InChI is InChI=1S/C10H15N5OS/c1-7(2)4-8-12-9(16-14-8)5-17-10-13-11-6-15(10)3/h6-7H,4-5H2,1-3H3. The fourth-order valence-corrected chi connectivity index (χ4v) is 2.05. The fraction of sp³-hybridized carbons (Fsp3) is 0.600. The number of thioether (sulfide) groups is 1. The van der Waals surface area contributed by atoms with Gasteiger partial charge in [-0.2, -0.15) is 4.98 Å². The van der Waals surface area contributed by atoms with Gasteiger partial charge in [-0.25, -0.2) is 0 Å². The lowest BCUT2D eigenvalue weighted by molar-refractivity contribution is 0.382. The van der Waals surface area contributed by atoms with Crippen molar-refractivity contribution in [3.63, 3.8) is 0 Å². The highest BCUT2D eigenvalue weighted by atomic mass is 32.2. The zero-order valence-corrected chi connectivity index (χ0v) is 10.9. The van der Waals surface area contributed by atoms with Crippen molar-refractivity contribution < 1.29 is 4.52 Å². The molecule has 2 heterocycles. The van der Waals surface area contributed by atoms with Crippen molar-refractivity contribution in [2.24, 2.45) is 13.0 Å². The molecule has 0 bridgehead atoms. The second-order valence-corrected chi connectivity index (χ2v) is 5.16. The molecular formula is C10H15N5OS. The maximum Gasteiger partial charge on any atom is 0.237 e. The monoisotopic (exact) mass is 253 g/mol. The van der Waals surface area contributed by atoms with Crippen LogP contribution >= 0.6 is 11.8 Å². The first kappa shape index (κ1) is 12.1. The molecule has 0 saturated heterocycles. The molecule has 6 nitrogen and oxygen atoms in total. The largest absolute Gasteiger partial charge is 0.338 e. The Kier molecular flexibility index (Phi) is 3.78. The van der Waals surface area contributed by atoms with E-state index < -0.39 is 0 Å². The molecule has 2 rings (SSSR count). The van der Waals surface area contributed by atoms with E-state index in [0.29, 0.717) is 17.6 Å². The van der Waals surface area contributed by atoms with Gasteiger partial charge in [-0.3, -0.25) is 0 Å². The SMILES string of the molecule is CC(C)Cc1noc(CSc2nncn2C)n1. The molecule has 0 aliphatic carbocycles. The molecular weight excluding hydrogens is 238 g/mol. The van der Waals surface area contributed by atoms with Crippen molar-refractivity contribution in [1.29, 1.82) is 0 Å². The maximum atomic E-state index is 5.16. The van der Waals surface area contributed by atoms with Gasteiger partial charge < -0.3 is 9.09 Å². The van der Waals surface area contributed by atoms with Crippen LogP contribution in [0.5, 0.6) is 0 Å². The number of aryl methyl sites for hydroxylation is 1. The average Bonchev–Trinajstić information content (AvgIpc) is 2.84. The highest BCUT2D eigenvalue weighted by Crippen LogP contribution is 2.18. The van der Waals surface area contributed by atoms with E-state index in [4.69, 9.17) is 4.52 Å². The van der Waals surface area contributed by atoms with Crippen LogP contribution in [0.3, 0.4) is 0 Å². The molecule has 0 unspecified atom stereocenters. The van der Waals surface area contributed by atoms with Crippen LogP contribution in [0.1, 0.15) is 25.6 Å². The number of aromatic nitrogens is 5. The second-order valence-electron chi connectivity index (χ2n) is 4.22.